The number of nitrogens with two attached hydrogens (primary N) is 2. The SMILES string of the molecule is CC(=O)C[C@H]1CC(=O)CCCCC[C@@H](C(=O)N[C@@H](CCCN=C(N)N)C(=O)c2nc3ccccc3s2)NC(=O)[C@H](C)NC1=O. The Balaban J connectivity index is 1.79. The summed E-state index contributed by atoms with van der Waals surface area (Å²) < 4.78 is 0.833. The van der Waals surface area contributed by atoms with E-state index < -0.39 is 41.8 Å². The summed E-state index contributed by atoms with van der Waals surface area (Å²) in [5.74, 6) is -3.43. The van der Waals surface area contributed by atoms with E-state index >= 15 is 0 Å². The normalized spacial score (nSPS) is 21.0. The maximum absolute atomic E-state index is 13.6. The van der Waals surface area contributed by atoms with Crippen LogP contribution < -0.4 is 27.4 Å². The Morgan fingerprint density at radius 2 is 1.84 bits per heavy atom. The molecule has 1 saturated heterocycles. The van der Waals surface area contributed by atoms with Crippen molar-refractivity contribution in [1.82, 2.24) is 20.9 Å². The van der Waals surface area contributed by atoms with Crippen LogP contribution in [-0.2, 0) is 24.0 Å². The maximum Gasteiger partial charge on any atom is 0.243 e. The number of rotatable bonds is 10. The number of carbonyl (C=O) groups is 6. The fourth-order valence-corrected chi connectivity index (χ4v) is 5.92. The van der Waals surface area contributed by atoms with Gasteiger partial charge in [-0.15, -0.1) is 11.3 Å². The van der Waals surface area contributed by atoms with E-state index in [2.05, 4.69) is 25.9 Å². The molecule has 3 amide bonds. The van der Waals surface area contributed by atoms with Crippen LogP contribution in [0.2, 0.25) is 0 Å². The van der Waals surface area contributed by atoms with E-state index in [0.717, 1.165) is 4.70 Å². The van der Waals surface area contributed by atoms with Crippen molar-refractivity contribution in [3.63, 3.8) is 0 Å². The summed E-state index contributed by atoms with van der Waals surface area (Å²) in [7, 11) is 0. The molecule has 1 fully saturated rings. The highest BCUT2D eigenvalue weighted by Gasteiger charge is 2.31. The third-order valence-corrected chi connectivity index (χ3v) is 8.35. The van der Waals surface area contributed by atoms with Crippen LogP contribution >= 0.6 is 11.3 Å². The summed E-state index contributed by atoms with van der Waals surface area (Å²) in [5, 5.41) is 8.34. The Morgan fingerprint density at radius 1 is 1.09 bits per heavy atom. The average Bonchev–Trinajstić information content (AvgIpc) is 3.40. The summed E-state index contributed by atoms with van der Waals surface area (Å²) in [6, 6.07) is 4.34. The molecule has 2 aromatic rings. The van der Waals surface area contributed by atoms with Crippen LogP contribution in [0.3, 0.4) is 0 Å². The van der Waals surface area contributed by atoms with E-state index in [1.54, 1.807) is 6.07 Å². The molecule has 1 aliphatic rings. The van der Waals surface area contributed by atoms with Crippen LogP contribution in [0.25, 0.3) is 10.2 Å². The van der Waals surface area contributed by atoms with Gasteiger partial charge in [-0.05, 0) is 51.7 Å². The number of para-hydroxylation sites is 1. The molecule has 1 aromatic heterocycles. The van der Waals surface area contributed by atoms with Gasteiger partial charge in [0.2, 0.25) is 23.5 Å². The predicted octanol–water partition coefficient (Wildman–Crippen LogP) is 1.53. The van der Waals surface area contributed by atoms with Gasteiger partial charge in [0.25, 0.3) is 0 Å². The zero-order valence-corrected chi connectivity index (χ0v) is 25.9. The molecule has 0 saturated carbocycles. The van der Waals surface area contributed by atoms with Crippen molar-refractivity contribution >= 4 is 62.6 Å². The lowest BCUT2D eigenvalue weighted by Gasteiger charge is -2.25. The number of Topliss-reactive ketones (excluding diaryl/α,β-unsaturated/α-hetero) is 3. The number of aliphatic imine (C=N–C) groups is 1. The molecule has 7 N–H and O–H groups in total. The summed E-state index contributed by atoms with van der Waals surface area (Å²) >= 11 is 1.23. The highest BCUT2D eigenvalue weighted by atomic mass is 32.1. The minimum Gasteiger partial charge on any atom is -0.370 e. The van der Waals surface area contributed by atoms with Crippen molar-refractivity contribution in [1.29, 1.82) is 0 Å². The lowest BCUT2D eigenvalue weighted by molar-refractivity contribution is -0.135. The fourth-order valence-electron chi connectivity index (χ4n) is 4.96. The van der Waals surface area contributed by atoms with Crippen LogP contribution in [0.5, 0.6) is 0 Å². The van der Waals surface area contributed by atoms with E-state index in [1.807, 2.05) is 18.2 Å². The predicted molar refractivity (Wildman–Crippen MR) is 167 cm³/mol. The number of thiazole rings is 1. The van der Waals surface area contributed by atoms with Gasteiger partial charge in [-0.3, -0.25) is 29.0 Å². The van der Waals surface area contributed by atoms with Gasteiger partial charge in [-0.1, -0.05) is 25.0 Å². The van der Waals surface area contributed by atoms with E-state index in [0.29, 0.717) is 31.2 Å². The fraction of sp³-hybridized carbons (Fsp3) is 0.533. The minimum absolute atomic E-state index is 0.0714. The van der Waals surface area contributed by atoms with Crippen molar-refractivity contribution in [3.8, 4) is 0 Å². The van der Waals surface area contributed by atoms with Crippen LogP contribution in [0.15, 0.2) is 29.3 Å². The summed E-state index contributed by atoms with van der Waals surface area (Å²) in [5.41, 5.74) is 11.5. The molecule has 0 radical (unpaired) electrons. The molecule has 238 valence electrons. The highest BCUT2D eigenvalue weighted by Crippen LogP contribution is 2.23. The zero-order valence-electron chi connectivity index (χ0n) is 25.1. The summed E-state index contributed by atoms with van der Waals surface area (Å²) in [6.07, 6.45) is 2.63. The van der Waals surface area contributed by atoms with Crippen molar-refractivity contribution < 1.29 is 28.8 Å². The topological polar surface area (TPSA) is 216 Å². The number of benzene rings is 1. The molecule has 14 heteroatoms. The molecule has 0 aliphatic carbocycles. The number of nitrogens with zero attached hydrogens (tertiary/aromatic N) is 2. The second-order valence-corrected chi connectivity index (χ2v) is 12.1. The quantitative estimate of drug-likeness (QED) is 0.112. The first-order chi connectivity index (χ1) is 20.9. The molecular weight excluding hydrogens is 586 g/mol. The van der Waals surface area contributed by atoms with Gasteiger partial charge in [0.05, 0.1) is 22.2 Å². The van der Waals surface area contributed by atoms with Crippen LogP contribution in [-0.4, -0.2) is 70.7 Å². The lowest BCUT2D eigenvalue weighted by Crippen LogP contribution is -2.55. The molecule has 1 aliphatic heterocycles. The first-order valence-electron chi connectivity index (χ1n) is 14.8. The summed E-state index contributed by atoms with van der Waals surface area (Å²) in [6.45, 7) is 3.06. The number of hydrogen-bond donors (Lipinski definition) is 5. The number of nitrogens with one attached hydrogen (secondary N) is 3. The van der Waals surface area contributed by atoms with Gasteiger partial charge < -0.3 is 32.2 Å². The molecule has 2 heterocycles. The van der Waals surface area contributed by atoms with Crippen molar-refractivity contribution in [2.75, 3.05) is 6.54 Å². The average molecular weight is 628 g/mol. The van der Waals surface area contributed by atoms with Crippen molar-refractivity contribution in [2.24, 2.45) is 22.4 Å². The Kier molecular flexibility index (Phi) is 12.9. The Labute approximate surface area is 260 Å². The lowest BCUT2D eigenvalue weighted by atomic mass is 9.93. The number of amides is 3. The minimum atomic E-state index is -1.04. The molecule has 0 unspecified atom stereocenters. The Hall–Kier alpha value is -4.20. The molecule has 0 spiro atoms. The molecule has 3 rings (SSSR count). The molecule has 0 bridgehead atoms. The van der Waals surface area contributed by atoms with E-state index in [-0.39, 0.29) is 67.0 Å². The van der Waals surface area contributed by atoms with Gasteiger partial charge in [-0.2, -0.15) is 0 Å². The highest BCUT2D eigenvalue weighted by molar-refractivity contribution is 7.20. The van der Waals surface area contributed by atoms with Crippen molar-refractivity contribution in [3.05, 3.63) is 29.3 Å². The number of carbonyl (C=O) groups excluding carboxylic acids is 6. The second kappa shape index (κ2) is 16.6. The van der Waals surface area contributed by atoms with Crippen LogP contribution in [0, 0.1) is 5.92 Å². The van der Waals surface area contributed by atoms with E-state index in [4.69, 9.17) is 11.5 Å². The van der Waals surface area contributed by atoms with E-state index in [1.165, 1.54) is 25.2 Å². The van der Waals surface area contributed by atoms with Crippen LogP contribution in [0.1, 0.15) is 81.4 Å². The zero-order chi connectivity index (χ0) is 32.2. The van der Waals surface area contributed by atoms with Crippen molar-refractivity contribution in [2.45, 2.75) is 89.8 Å². The largest absolute Gasteiger partial charge is 0.370 e. The van der Waals surface area contributed by atoms with Gasteiger partial charge >= 0.3 is 0 Å². The number of guanidine groups is 1. The third-order valence-electron chi connectivity index (χ3n) is 7.30. The standard InChI is InChI=1S/C30H41N7O6S/c1-17(38)15-19-16-20(39)9-4-3-5-11-23(36-26(41)18(2)34-27(19)42)28(43)35-22(12-8-14-33-30(31)32)25(40)29-37-21-10-6-7-13-24(21)44-29/h6-7,10,13,18-19,22-23H,3-5,8-9,11-12,14-16H2,1-2H3,(H,34,42)(H,35,43)(H,36,41)(H4,31,32,33)/t18-,19-,22-,23-/m0/s1. The Bertz CT molecular complexity index is 1370. The van der Waals surface area contributed by atoms with Crippen LogP contribution in [0.4, 0.5) is 0 Å². The summed E-state index contributed by atoms with van der Waals surface area (Å²) in [4.78, 5) is 85.8. The first kappa shape index (κ1) is 34.3. The van der Waals surface area contributed by atoms with Gasteiger partial charge in [0.1, 0.15) is 23.7 Å². The molecular formula is C30H41N7O6S. The third kappa shape index (κ3) is 10.5. The second-order valence-electron chi connectivity index (χ2n) is 11.1. The maximum atomic E-state index is 13.6. The van der Waals surface area contributed by atoms with Gasteiger partial charge in [-0.25, -0.2) is 4.98 Å². The molecule has 44 heavy (non-hydrogen) atoms. The first-order valence-corrected chi connectivity index (χ1v) is 15.6. The van der Waals surface area contributed by atoms with Gasteiger partial charge in [0, 0.05) is 25.8 Å². The molecule has 1 aromatic carbocycles. The van der Waals surface area contributed by atoms with Gasteiger partial charge in [0.15, 0.2) is 11.0 Å². The number of hydrogen-bond acceptors (Lipinski definition) is 9. The number of aromatic nitrogens is 1. The Morgan fingerprint density at radius 3 is 2.55 bits per heavy atom. The smallest absolute Gasteiger partial charge is 0.243 e. The number of ketones is 3. The molecule has 13 nitrogen and oxygen atoms in total. The number of fused-ring (bicyclic) bond motifs is 1. The van der Waals surface area contributed by atoms with E-state index in [9.17, 15) is 28.8 Å². The monoisotopic (exact) mass is 627 g/mol. The molecule has 4 atom stereocenters.